The summed E-state index contributed by atoms with van der Waals surface area (Å²) >= 11 is 0. The molecule has 46 heavy (non-hydrogen) atoms. The number of carbonyl (C=O) groups excluding carboxylic acids is 1. The van der Waals surface area contributed by atoms with Crippen LogP contribution in [0.15, 0.2) is 35.1 Å². The summed E-state index contributed by atoms with van der Waals surface area (Å²) in [5.41, 5.74) is 3.18. The average molecular weight is 636 g/mol. The maximum atomic E-state index is 14.4. The van der Waals surface area contributed by atoms with Gasteiger partial charge in [0.1, 0.15) is 5.82 Å². The van der Waals surface area contributed by atoms with E-state index in [0.29, 0.717) is 44.4 Å². The molecule has 0 aliphatic carbocycles. The van der Waals surface area contributed by atoms with Gasteiger partial charge in [0.25, 0.3) is 0 Å². The Labute approximate surface area is 269 Å². The summed E-state index contributed by atoms with van der Waals surface area (Å²) < 4.78 is 28.3. The minimum absolute atomic E-state index is 0.0256. The van der Waals surface area contributed by atoms with Crippen LogP contribution in [0.25, 0.3) is 5.65 Å². The van der Waals surface area contributed by atoms with Gasteiger partial charge in [-0.1, -0.05) is 26.0 Å². The summed E-state index contributed by atoms with van der Waals surface area (Å²) in [6.45, 7) is 15.2. The van der Waals surface area contributed by atoms with E-state index in [4.69, 9.17) is 14.6 Å². The van der Waals surface area contributed by atoms with Crippen molar-refractivity contribution in [3.63, 3.8) is 0 Å². The van der Waals surface area contributed by atoms with E-state index < -0.39 is 5.41 Å². The number of nitrogens with zero attached hydrogens (tertiary/aromatic N) is 6. The lowest BCUT2D eigenvalue weighted by atomic mass is 9.90. The number of ether oxygens (including phenoxy) is 2. The summed E-state index contributed by atoms with van der Waals surface area (Å²) in [7, 11) is 0. The zero-order chi connectivity index (χ0) is 32.2. The van der Waals surface area contributed by atoms with E-state index in [1.807, 2.05) is 11.0 Å². The Bertz CT molecular complexity index is 1650. The van der Waals surface area contributed by atoms with E-state index in [-0.39, 0.29) is 35.5 Å². The number of aromatic nitrogens is 3. The molecule has 3 fully saturated rings. The number of rotatable bonds is 7. The molecule has 11 nitrogen and oxygen atoms in total. The molecule has 1 N–H and O–H groups in total. The monoisotopic (exact) mass is 635 g/mol. The maximum Gasteiger partial charge on any atom is 0.351 e. The van der Waals surface area contributed by atoms with Crippen LogP contribution in [0.4, 0.5) is 10.1 Å². The molecule has 4 aliphatic rings. The number of morpholine rings is 1. The third kappa shape index (κ3) is 5.90. The lowest BCUT2D eigenvalue weighted by molar-refractivity contribution is -0.121. The highest BCUT2D eigenvalue weighted by atomic mass is 19.1. The number of nitrogens with one attached hydrogen (secondary N) is 1. The van der Waals surface area contributed by atoms with Crippen molar-refractivity contribution >= 4 is 17.2 Å². The summed E-state index contributed by atoms with van der Waals surface area (Å²) in [6, 6.07) is 9.12. The van der Waals surface area contributed by atoms with Gasteiger partial charge in [0.15, 0.2) is 5.65 Å². The molecule has 0 unspecified atom stereocenters. The molecule has 6 heterocycles. The molecule has 0 radical (unpaired) electrons. The Balaban J connectivity index is 1.25. The summed E-state index contributed by atoms with van der Waals surface area (Å²) in [5, 5.41) is 8.49. The van der Waals surface area contributed by atoms with Gasteiger partial charge in [0.05, 0.1) is 43.8 Å². The molecule has 3 aromatic rings. The number of pyridine rings is 1. The Morgan fingerprint density at radius 1 is 1.11 bits per heavy atom. The standard InChI is InChI=1S/C34H46FN7O4/c1-22-16-39(28(15-36-22)17-38-10-12-46-19-23(38)2)18-30(43)40-21-34(3,4)31-29(40)14-25(13-24-5-7-26(35)8-6-24)32-37-42(33(44)41(31)32)27-9-11-45-20-27/h5-8,14,22-23,27-28,36H,9-13,15-21H2,1-4H3/t22-,23-,27-,28-/m1/s1. The molecule has 4 atom stereocenters. The predicted molar refractivity (Wildman–Crippen MR) is 173 cm³/mol. The number of amides is 1. The van der Waals surface area contributed by atoms with E-state index in [1.54, 1.807) is 21.2 Å². The molecule has 12 heteroatoms. The number of hydrogen-bond donors (Lipinski definition) is 1. The lowest BCUT2D eigenvalue weighted by Gasteiger charge is -2.43. The van der Waals surface area contributed by atoms with Crippen LogP contribution in [0.3, 0.4) is 0 Å². The van der Waals surface area contributed by atoms with E-state index in [1.165, 1.54) is 12.1 Å². The molecule has 1 amide bonds. The summed E-state index contributed by atoms with van der Waals surface area (Å²) in [4.78, 5) is 35.2. The first kappa shape index (κ1) is 31.4. The summed E-state index contributed by atoms with van der Waals surface area (Å²) in [6.07, 6.45) is 1.17. The Kier molecular flexibility index (Phi) is 8.52. The maximum absolute atomic E-state index is 14.4. The molecular weight excluding hydrogens is 589 g/mol. The van der Waals surface area contributed by atoms with E-state index in [9.17, 15) is 14.0 Å². The van der Waals surface area contributed by atoms with Crippen LogP contribution in [-0.4, -0.2) is 114 Å². The fourth-order valence-corrected chi connectivity index (χ4v) is 7.71. The number of benzene rings is 1. The van der Waals surface area contributed by atoms with Crippen molar-refractivity contribution in [3.8, 4) is 0 Å². The quantitative estimate of drug-likeness (QED) is 0.423. The first-order valence-electron chi connectivity index (χ1n) is 16.7. The van der Waals surface area contributed by atoms with Gasteiger partial charge in [-0.2, -0.15) is 0 Å². The molecule has 0 saturated carbocycles. The molecular formula is C34H46FN7O4. The molecule has 248 valence electrons. The second-order valence-corrected chi connectivity index (χ2v) is 14.3. The summed E-state index contributed by atoms with van der Waals surface area (Å²) in [5.74, 6) is -0.274. The molecule has 0 spiro atoms. The van der Waals surface area contributed by atoms with Crippen LogP contribution in [0.5, 0.6) is 0 Å². The fraction of sp³-hybridized carbons (Fsp3) is 0.618. The van der Waals surface area contributed by atoms with Gasteiger partial charge in [-0.05, 0) is 44.0 Å². The van der Waals surface area contributed by atoms with Gasteiger partial charge in [0, 0.05) is 74.9 Å². The molecule has 0 bridgehead atoms. The Hall–Kier alpha value is -3.16. The van der Waals surface area contributed by atoms with Gasteiger partial charge in [-0.25, -0.2) is 18.3 Å². The number of hydrogen-bond acceptors (Lipinski definition) is 8. The van der Waals surface area contributed by atoms with Crippen LogP contribution in [-0.2, 0) is 26.1 Å². The van der Waals surface area contributed by atoms with Crippen molar-refractivity contribution in [2.45, 2.75) is 70.1 Å². The highest BCUT2D eigenvalue weighted by molar-refractivity contribution is 5.98. The van der Waals surface area contributed by atoms with Crippen LogP contribution < -0.4 is 15.9 Å². The van der Waals surface area contributed by atoms with Gasteiger partial charge in [-0.15, -0.1) is 5.10 Å². The SMILES string of the molecule is C[C@@H]1CN(CC(=O)N2CC(C)(C)c3c2cc(Cc2ccc(F)cc2)c2nn([C@@H]4CCOC4)c(=O)n32)[C@@H](CN2CCOC[C@H]2C)CN1. The molecule has 3 saturated heterocycles. The topological polar surface area (TPSA) is 96.6 Å². The molecule has 2 aromatic heterocycles. The van der Waals surface area contributed by atoms with Gasteiger partial charge < -0.3 is 19.7 Å². The lowest BCUT2D eigenvalue weighted by Crippen LogP contribution is -2.62. The minimum Gasteiger partial charge on any atom is -0.379 e. The predicted octanol–water partition coefficient (Wildman–Crippen LogP) is 2.19. The van der Waals surface area contributed by atoms with Crippen molar-refractivity contribution in [2.75, 3.05) is 70.6 Å². The van der Waals surface area contributed by atoms with Gasteiger partial charge in [-0.3, -0.25) is 14.6 Å². The normalized spacial score (nSPS) is 27.0. The minimum atomic E-state index is -0.485. The van der Waals surface area contributed by atoms with Crippen molar-refractivity contribution in [1.29, 1.82) is 0 Å². The first-order chi connectivity index (χ1) is 22.1. The fourth-order valence-electron chi connectivity index (χ4n) is 7.71. The third-order valence-electron chi connectivity index (χ3n) is 10.2. The zero-order valence-electron chi connectivity index (χ0n) is 27.4. The van der Waals surface area contributed by atoms with Crippen molar-refractivity contribution in [3.05, 3.63) is 63.5 Å². The first-order valence-corrected chi connectivity index (χ1v) is 16.7. The second kappa shape index (κ2) is 12.5. The van der Waals surface area contributed by atoms with Crippen LogP contribution in [0.1, 0.15) is 57.0 Å². The van der Waals surface area contributed by atoms with E-state index in [0.717, 1.165) is 68.3 Å². The highest BCUT2D eigenvalue weighted by Crippen LogP contribution is 2.42. The zero-order valence-corrected chi connectivity index (χ0v) is 27.4. The van der Waals surface area contributed by atoms with Crippen molar-refractivity contribution in [2.24, 2.45) is 0 Å². The Morgan fingerprint density at radius 3 is 2.63 bits per heavy atom. The Morgan fingerprint density at radius 2 is 1.89 bits per heavy atom. The van der Waals surface area contributed by atoms with Crippen molar-refractivity contribution in [1.82, 2.24) is 29.3 Å². The highest BCUT2D eigenvalue weighted by Gasteiger charge is 2.43. The third-order valence-corrected chi connectivity index (χ3v) is 10.2. The second-order valence-electron chi connectivity index (χ2n) is 14.3. The van der Waals surface area contributed by atoms with Gasteiger partial charge >= 0.3 is 5.69 Å². The van der Waals surface area contributed by atoms with Crippen LogP contribution in [0.2, 0.25) is 0 Å². The molecule has 1 aromatic carbocycles. The molecule has 7 rings (SSSR count). The number of fused-ring (bicyclic) bond motifs is 3. The van der Waals surface area contributed by atoms with Crippen LogP contribution in [0, 0.1) is 5.82 Å². The number of piperazine rings is 1. The average Bonchev–Trinajstić information content (AvgIpc) is 3.73. The number of anilines is 1. The number of halogens is 1. The van der Waals surface area contributed by atoms with Crippen molar-refractivity contribution < 1.29 is 18.7 Å². The number of carbonyl (C=O) groups is 1. The van der Waals surface area contributed by atoms with Gasteiger partial charge in [0.2, 0.25) is 5.91 Å². The molecule has 4 aliphatic heterocycles. The smallest absolute Gasteiger partial charge is 0.351 e. The van der Waals surface area contributed by atoms with E-state index >= 15 is 0 Å². The van der Waals surface area contributed by atoms with E-state index in [2.05, 4.69) is 42.8 Å². The van der Waals surface area contributed by atoms with Crippen LogP contribution >= 0.6 is 0 Å². The largest absolute Gasteiger partial charge is 0.379 e.